The van der Waals surface area contributed by atoms with E-state index in [4.69, 9.17) is 18.5 Å². The number of phosphoric acid groups is 1. The average Bonchev–Trinajstić information content (AvgIpc) is 3.20. The fourth-order valence-corrected chi connectivity index (χ4v) is 6.43. The fraction of sp³-hybridized carbons (Fsp3) is 0.673. The van der Waals surface area contributed by atoms with Crippen molar-refractivity contribution in [2.45, 2.75) is 174 Å². The molecule has 2 unspecified atom stereocenters. The SMILES string of the molecule is CC/C=C\C/C=C\C/C=C\C/C=C\C/C=C\CCCC(=O)OCC(COP(=O)(O)OCCN(C)C)OC(=O)CCCCCCCCCCC/C=C\C/C=C\CCCCC. The van der Waals surface area contributed by atoms with Crippen LogP contribution in [0.4, 0.5) is 0 Å². The Morgan fingerprint density at radius 3 is 1.49 bits per heavy atom. The van der Waals surface area contributed by atoms with Crippen LogP contribution in [0.1, 0.15) is 168 Å². The van der Waals surface area contributed by atoms with E-state index < -0.39 is 32.5 Å². The first kappa shape index (κ1) is 56.2. The Bertz CT molecular complexity index is 1250. The zero-order valence-corrected chi connectivity index (χ0v) is 38.6. The van der Waals surface area contributed by atoms with Crippen molar-refractivity contribution in [3.8, 4) is 0 Å². The number of rotatable bonds is 41. The Morgan fingerprint density at radius 2 is 0.983 bits per heavy atom. The minimum absolute atomic E-state index is 0.00667. The molecular weight excluding hydrogens is 762 g/mol. The van der Waals surface area contributed by atoms with Gasteiger partial charge in [0, 0.05) is 19.4 Å². The summed E-state index contributed by atoms with van der Waals surface area (Å²) >= 11 is 0. The molecule has 0 rings (SSSR count). The normalized spacial score (nSPS) is 14.1. The third-order valence-electron chi connectivity index (χ3n) is 9.19. The quantitative estimate of drug-likeness (QED) is 0.0278. The van der Waals surface area contributed by atoms with Gasteiger partial charge in [0.25, 0.3) is 0 Å². The van der Waals surface area contributed by atoms with Crippen molar-refractivity contribution in [3.63, 3.8) is 0 Å². The summed E-state index contributed by atoms with van der Waals surface area (Å²) in [7, 11) is -0.749. The summed E-state index contributed by atoms with van der Waals surface area (Å²) in [5.41, 5.74) is 0. The van der Waals surface area contributed by atoms with Gasteiger partial charge >= 0.3 is 19.8 Å². The lowest BCUT2D eigenvalue weighted by Crippen LogP contribution is -2.29. The number of esters is 2. The van der Waals surface area contributed by atoms with Crippen molar-refractivity contribution < 1.29 is 37.6 Å². The Hall–Kier alpha value is -2.81. The van der Waals surface area contributed by atoms with Crippen LogP contribution in [-0.2, 0) is 32.7 Å². The maximum Gasteiger partial charge on any atom is 0.472 e. The summed E-state index contributed by atoms with van der Waals surface area (Å²) in [5, 5.41) is 0. The number of nitrogens with zero attached hydrogens (tertiary/aromatic N) is 1. The second-order valence-electron chi connectivity index (χ2n) is 15.2. The minimum Gasteiger partial charge on any atom is -0.462 e. The van der Waals surface area contributed by atoms with Crippen LogP contribution < -0.4 is 0 Å². The van der Waals surface area contributed by atoms with Gasteiger partial charge in [-0.2, -0.15) is 0 Å². The molecule has 0 aliphatic heterocycles. The lowest BCUT2D eigenvalue weighted by molar-refractivity contribution is -0.161. The number of allylic oxidation sites excluding steroid dienone is 14. The van der Waals surface area contributed by atoms with Crippen LogP contribution in [-0.4, -0.2) is 68.3 Å². The van der Waals surface area contributed by atoms with Crippen molar-refractivity contribution in [1.82, 2.24) is 4.90 Å². The Morgan fingerprint density at radius 1 is 0.542 bits per heavy atom. The number of hydrogen-bond donors (Lipinski definition) is 1. The molecular formula is C49H84NO8P. The first-order chi connectivity index (χ1) is 28.7. The molecule has 2 atom stereocenters. The first-order valence-corrected chi connectivity index (χ1v) is 24.4. The lowest BCUT2D eigenvalue weighted by atomic mass is 10.1. The van der Waals surface area contributed by atoms with Crippen LogP contribution in [0.2, 0.25) is 0 Å². The highest BCUT2D eigenvalue weighted by Gasteiger charge is 2.26. The van der Waals surface area contributed by atoms with Crippen LogP contribution in [0.25, 0.3) is 0 Å². The van der Waals surface area contributed by atoms with Gasteiger partial charge in [-0.3, -0.25) is 18.6 Å². The molecule has 0 heterocycles. The van der Waals surface area contributed by atoms with Crippen LogP contribution in [0.3, 0.4) is 0 Å². The van der Waals surface area contributed by atoms with E-state index in [1.54, 1.807) is 0 Å². The van der Waals surface area contributed by atoms with E-state index in [-0.39, 0.29) is 26.1 Å². The third kappa shape index (κ3) is 44.6. The Kier molecular flexibility index (Phi) is 41.2. The second kappa shape index (κ2) is 43.3. The number of likely N-dealkylation sites (N-methyl/N-ethyl adjacent to an activating group) is 1. The number of carbonyl (C=O) groups is 2. The van der Waals surface area contributed by atoms with Crippen molar-refractivity contribution in [2.24, 2.45) is 0 Å². The van der Waals surface area contributed by atoms with Crippen LogP contribution in [0, 0.1) is 0 Å². The number of unbranched alkanes of at least 4 members (excludes halogenated alkanes) is 13. The van der Waals surface area contributed by atoms with Crippen LogP contribution in [0.15, 0.2) is 85.1 Å². The zero-order chi connectivity index (χ0) is 43.3. The van der Waals surface area contributed by atoms with E-state index >= 15 is 0 Å². The number of hydrogen-bond acceptors (Lipinski definition) is 8. The van der Waals surface area contributed by atoms with E-state index in [0.717, 1.165) is 70.6 Å². The highest BCUT2D eigenvalue weighted by atomic mass is 31.2. The maximum atomic E-state index is 12.7. The van der Waals surface area contributed by atoms with Crippen molar-refractivity contribution >= 4 is 19.8 Å². The fourth-order valence-electron chi connectivity index (χ4n) is 5.69. The van der Waals surface area contributed by atoms with Crippen molar-refractivity contribution in [3.05, 3.63) is 85.1 Å². The van der Waals surface area contributed by atoms with Gasteiger partial charge in [-0.05, 0) is 97.6 Å². The molecule has 0 saturated carbocycles. The topological polar surface area (TPSA) is 112 Å². The second-order valence-corrected chi connectivity index (χ2v) is 16.6. The summed E-state index contributed by atoms with van der Waals surface area (Å²) in [6.45, 7) is 4.10. The van der Waals surface area contributed by atoms with Gasteiger partial charge in [0.15, 0.2) is 6.10 Å². The van der Waals surface area contributed by atoms with Crippen molar-refractivity contribution in [2.75, 3.05) is 40.5 Å². The molecule has 0 aliphatic carbocycles. The van der Waals surface area contributed by atoms with E-state index in [9.17, 15) is 19.0 Å². The van der Waals surface area contributed by atoms with Crippen LogP contribution >= 0.6 is 7.82 Å². The van der Waals surface area contributed by atoms with E-state index in [1.807, 2.05) is 19.0 Å². The molecule has 9 nitrogen and oxygen atoms in total. The van der Waals surface area contributed by atoms with Gasteiger partial charge in [-0.25, -0.2) is 4.57 Å². The summed E-state index contributed by atoms with van der Waals surface area (Å²) in [5.74, 6) is -0.882. The molecule has 338 valence electrons. The van der Waals surface area contributed by atoms with Crippen LogP contribution in [0.5, 0.6) is 0 Å². The molecule has 0 saturated heterocycles. The lowest BCUT2D eigenvalue weighted by Gasteiger charge is -2.20. The van der Waals surface area contributed by atoms with Gasteiger partial charge in [0.1, 0.15) is 6.61 Å². The predicted octanol–water partition coefficient (Wildman–Crippen LogP) is 13.4. The molecule has 0 aromatic rings. The standard InChI is InChI=1S/C49H84NO8P/c1-5-7-9-11-13-15-17-19-21-23-24-26-28-30-32-34-36-38-40-42-49(52)58-47(46-57-59(53,54)56-44-43-50(3)4)45-55-48(51)41-39-37-35-33-31-29-27-25-22-20-18-16-14-12-10-8-6-2/h8,10,13-16,19-22,27,29,33,35,47H,5-7,9,11-12,17-18,23-26,28,30-32,34,36-46H2,1-4H3,(H,53,54)/b10-8-,15-13-,16-14-,21-19-,22-20-,29-27-,35-33-. The molecule has 0 aromatic carbocycles. The highest BCUT2D eigenvalue weighted by molar-refractivity contribution is 7.47. The first-order valence-electron chi connectivity index (χ1n) is 22.9. The molecule has 59 heavy (non-hydrogen) atoms. The highest BCUT2D eigenvalue weighted by Crippen LogP contribution is 2.43. The van der Waals surface area contributed by atoms with E-state index in [2.05, 4.69) is 98.9 Å². The monoisotopic (exact) mass is 846 g/mol. The molecule has 0 aromatic heterocycles. The molecule has 0 amide bonds. The molecule has 0 spiro atoms. The molecule has 0 aliphatic rings. The summed E-state index contributed by atoms with van der Waals surface area (Å²) < 4.78 is 33.5. The Balaban J connectivity index is 4.36. The molecule has 10 heteroatoms. The van der Waals surface area contributed by atoms with Gasteiger partial charge in [-0.15, -0.1) is 0 Å². The third-order valence-corrected chi connectivity index (χ3v) is 10.2. The minimum atomic E-state index is -4.38. The summed E-state index contributed by atoms with van der Waals surface area (Å²) in [4.78, 5) is 37.1. The Labute approximate surface area is 360 Å². The number of carbonyl (C=O) groups excluding carboxylic acids is 2. The van der Waals surface area contributed by atoms with Gasteiger partial charge < -0.3 is 19.3 Å². The molecule has 0 bridgehead atoms. The van der Waals surface area contributed by atoms with Crippen molar-refractivity contribution in [1.29, 1.82) is 0 Å². The van der Waals surface area contributed by atoms with E-state index in [0.29, 0.717) is 19.4 Å². The molecule has 0 radical (unpaired) electrons. The zero-order valence-electron chi connectivity index (χ0n) is 37.7. The molecule has 1 N–H and O–H groups in total. The summed E-state index contributed by atoms with van der Waals surface area (Å²) in [6, 6.07) is 0. The predicted molar refractivity (Wildman–Crippen MR) is 247 cm³/mol. The number of phosphoric ester groups is 1. The summed E-state index contributed by atoms with van der Waals surface area (Å²) in [6.07, 6.45) is 53.5. The van der Waals surface area contributed by atoms with Gasteiger partial charge in [0.05, 0.1) is 13.2 Å². The van der Waals surface area contributed by atoms with E-state index in [1.165, 1.54) is 57.8 Å². The average molecular weight is 846 g/mol. The van der Waals surface area contributed by atoms with Gasteiger partial charge in [-0.1, -0.05) is 157 Å². The molecule has 0 fully saturated rings. The van der Waals surface area contributed by atoms with Gasteiger partial charge in [0.2, 0.25) is 0 Å². The maximum absolute atomic E-state index is 12.7. The smallest absolute Gasteiger partial charge is 0.462 e. The largest absolute Gasteiger partial charge is 0.472 e. The number of ether oxygens (including phenoxy) is 2.